The van der Waals surface area contributed by atoms with Crippen molar-refractivity contribution in [3.05, 3.63) is 27.3 Å². The molecule has 0 saturated carbocycles. The van der Waals surface area contributed by atoms with Gasteiger partial charge in [0.25, 0.3) is 0 Å². The molecule has 0 spiro atoms. The molecular formula is C13H16INO5S. The summed E-state index contributed by atoms with van der Waals surface area (Å²) in [5.74, 6) is -0.751. The van der Waals surface area contributed by atoms with Crippen LogP contribution < -0.4 is 4.72 Å². The average molecular weight is 425 g/mol. The zero-order valence-electron chi connectivity index (χ0n) is 11.2. The number of sulfonamides is 1. The summed E-state index contributed by atoms with van der Waals surface area (Å²) in [5, 5.41) is 9.04. The van der Waals surface area contributed by atoms with Crippen molar-refractivity contribution in [2.45, 2.75) is 17.7 Å². The van der Waals surface area contributed by atoms with E-state index in [9.17, 15) is 13.2 Å². The van der Waals surface area contributed by atoms with Crippen LogP contribution in [0.5, 0.6) is 0 Å². The number of benzene rings is 1. The topological polar surface area (TPSA) is 92.7 Å². The number of carbonyl (C=O) groups is 1. The van der Waals surface area contributed by atoms with E-state index in [1.807, 2.05) is 22.6 Å². The van der Waals surface area contributed by atoms with E-state index in [2.05, 4.69) is 4.72 Å². The molecule has 1 aliphatic heterocycles. The molecule has 1 heterocycles. The molecule has 2 rings (SSSR count). The van der Waals surface area contributed by atoms with E-state index in [4.69, 9.17) is 9.84 Å². The van der Waals surface area contributed by atoms with Crippen LogP contribution >= 0.6 is 22.6 Å². The van der Waals surface area contributed by atoms with Crippen LogP contribution in [0.2, 0.25) is 0 Å². The van der Waals surface area contributed by atoms with Crippen molar-refractivity contribution >= 4 is 38.6 Å². The summed E-state index contributed by atoms with van der Waals surface area (Å²) in [6.45, 7) is 1.73. The maximum atomic E-state index is 12.2. The van der Waals surface area contributed by atoms with Gasteiger partial charge in [-0.2, -0.15) is 0 Å². The van der Waals surface area contributed by atoms with E-state index < -0.39 is 16.0 Å². The minimum atomic E-state index is -3.68. The molecule has 6 nitrogen and oxygen atoms in total. The Bertz CT molecular complexity index is 625. The van der Waals surface area contributed by atoms with Crippen LogP contribution in [0.1, 0.15) is 23.2 Å². The van der Waals surface area contributed by atoms with Gasteiger partial charge in [0.15, 0.2) is 0 Å². The van der Waals surface area contributed by atoms with Crippen LogP contribution in [-0.2, 0) is 14.8 Å². The first-order chi connectivity index (χ1) is 9.90. The van der Waals surface area contributed by atoms with Gasteiger partial charge < -0.3 is 9.84 Å². The number of nitrogens with one attached hydrogen (secondary N) is 1. The first-order valence-electron chi connectivity index (χ1n) is 6.50. The lowest BCUT2D eigenvalue weighted by Crippen LogP contribution is -2.26. The number of carboxylic acid groups (broad SMARTS) is 1. The number of aromatic carboxylic acids is 1. The van der Waals surface area contributed by atoms with Gasteiger partial charge in [0, 0.05) is 23.3 Å². The fourth-order valence-electron chi connectivity index (χ4n) is 2.13. The molecule has 0 aliphatic carbocycles. The van der Waals surface area contributed by atoms with E-state index in [-0.39, 0.29) is 10.5 Å². The second kappa shape index (κ2) is 7.03. The second-order valence-corrected chi connectivity index (χ2v) is 7.79. The fraction of sp³-hybridized carbons (Fsp3) is 0.462. The molecule has 1 aliphatic rings. The van der Waals surface area contributed by atoms with Crippen LogP contribution in [0.3, 0.4) is 0 Å². The summed E-state index contributed by atoms with van der Waals surface area (Å²) in [6, 6.07) is 4.09. The minimum Gasteiger partial charge on any atom is -0.478 e. The molecule has 0 amide bonds. The summed E-state index contributed by atoms with van der Waals surface area (Å²) in [7, 11) is -3.68. The van der Waals surface area contributed by atoms with Crippen molar-refractivity contribution in [3.8, 4) is 0 Å². The van der Waals surface area contributed by atoms with Crippen LogP contribution in [-0.4, -0.2) is 39.3 Å². The van der Waals surface area contributed by atoms with Crippen molar-refractivity contribution < 1.29 is 23.1 Å². The van der Waals surface area contributed by atoms with Gasteiger partial charge in [-0.05, 0) is 59.5 Å². The summed E-state index contributed by atoms with van der Waals surface area (Å²) >= 11 is 1.86. The second-order valence-electron chi connectivity index (χ2n) is 4.86. The maximum absolute atomic E-state index is 12.2. The number of ether oxygens (including phenoxy) is 1. The summed E-state index contributed by atoms with van der Waals surface area (Å²) < 4.78 is 32.6. The summed E-state index contributed by atoms with van der Waals surface area (Å²) in [4.78, 5) is 11.0. The van der Waals surface area contributed by atoms with Gasteiger partial charge in [-0.25, -0.2) is 17.9 Å². The predicted molar refractivity (Wildman–Crippen MR) is 84.8 cm³/mol. The lowest BCUT2D eigenvalue weighted by Gasteiger charge is -2.10. The Morgan fingerprint density at radius 2 is 2.24 bits per heavy atom. The number of halogens is 1. The number of hydrogen-bond donors (Lipinski definition) is 2. The molecule has 0 aromatic heterocycles. The molecule has 116 valence electrons. The molecule has 0 radical (unpaired) electrons. The standard InChI is InChI=1S/C13H16INO5S/c14-12-2-1-10(7-11(12)13(16)17)21(18,19)15-5-3-9-4-6-20-8-9/h1-2,7,9,15H,3-6,8H2,(H,16,17). The molecular weight excluding hydrogens is 409 g/mol. The van der Waals surface area contributed by atoms with Gasteiger partial charge >= 0.3 is 5.97 Å². The van der Waals surface area contributed by atoms with Gasteiger partial charge in [0.2, 0.25) is 10.0 Å². The Kier molecular flexibility index (Phi) is 5.58. The van der Waals surface area contributed by atoms with Gasteiger partial charge in [-0.15, -0.1) is 0 Å². The Labute approximate surface area is 137 Å². The third kappa shape index (κ3) is 4.38. The van der Waals surface area contributed by atoms with Gasteiger partial charge in [0.1, 0.15) is 0 Å². The zero-order chi connectivity index (χ0) is 15.5. The van der Waals surface area contributed by atoms with E-state index >= 15 is 0 Å². The van der Waals surface area contributed by atoms with Crippen molar-refractivity contribution in [3.63, 3.8) is 0 Å². The van der Waals surface area contributed by atoms with Crippen LogP contribution in [0.15, 0.2) is 23.1 Å². The Hall–Kier alpha value is -0.710. The molecule has 1 unspecified atom stereocenters. The van der Waals surface area contributed by atoms with Gasteiger partial charge in [-0.1, -0.05) is 0 Å². The third-order valence-corrected chi connectivity index (χ3v) is 5.75. The number of carboxylic acids is 1. The third-order valence-electron chi connectivity index (χ3n) is 3.35. The van der Waals surface area contributed by atoms with Crippen LogP contribution in [0.4, 0.5) is 0 Å². The highest BCUT2D eigenvalue weighted by molar-refractivity contribution is 14.1. The van der Waals surface area contributed by atoms with E-state index in [1.165, 1.54) is 18.2 Å². The Balaban J connectivity index is 2.04. The molecule has 21 heavy (non-hydrogen) atoms. The SMILES string of the molecule is O=C(O)c1cc(S(=O)(=O)NCCC2CCOC2)ccc1I. The quantitative estimate of drug-likeness (QED) is 0.677. The molecule has 0 bridgehead atoms. The Morgan fingerprint density at radius 1 is 1.48 bits per heavy atom. The van der Waals surface area contributed by atoms with Crippen molar-refractivity contribution in [1.82, 2.24) is 4.72 Å². The largest absolute Gasteiger partial charge is 0.478 e. The highest BCUT2D eigenvalue weighted by atomic mass is 127. The normalized spacial score (nSPS) is 18.8. The maximum Gasteiger partial charge on any atom is 0.336 e. The highest BCUT2D eigenvalue weighted by Crippen LogP contribution is 2.19. The number of rotatable bonds is 6. The first kappa shape index (κ1) is 16.7. The summed E-state index contributed by atoms with van der Waals surface area (Å²) in [5.41, 5.74) is -0.0114. The smallest absolute Gasteiger partial charge is 0.336 e. The molecule has 1 aromatic rings. The predicted octanol–water partition coefficient (Wildman–Crippen LogP) is 1.69. The minimum absolute atomic E-state index is 0.0114. The molecule has 8 heteroatoms. The average Bonchev–Trinajstić information content (AvgIpc) is 2.91. The fourth-order valence-corrected chi connectivity index (χ4v) is 3.77. The highest BCUT2D eigenvalue weighted by Gasteiger charge is 2.20. The van der Waals surface area contributed by atoms with Crippen LogP contribution in [0.25, 0.3) is 0 Å². The Morgan fingerprint density at radius 3 is 2.86 bits per heavy atom. The number of hydrogen-bond acceptors (Lipinski definition) is 4. The molecule has 2 N–H and O–H groups in total. The lowest BCUT2D eigenvalue weighted by molar-refractivity contribution is 0.0695. The molecule has 1 aromatic carbocycles. The van der Waals surface area contributed by atoms with E-state index in [1.54, 1.807) is 0 Å². The van der Waals surface area contributed by atoms with Crippen molar-refractivity contribution in [2.75, 3.05) is 19.8 Å². The van der Waals surface area contributed by atoms with E-state index in [0.717, 1.165) is 19.4 Å². The van der Waals surface area contributed by atoms with E-state index in [0.29, 0.717) is 22.6 Å². The molecule has 1 saturated heterocycles. The van der Waals surface area contributed by atoms with Gasteiger partial charge in [0.05, 0.1) is 10.5 Å². The first-order valence-corrected chi connectivity index (χ1v) is 9.06. The van der Waals surface area contributed by atoms with Crippen molar-refractivity contribution in [1.29, 1.82) is 0 Å². The van der Waals surface area contributed by atoms with Crippen LogP contribution in [0, 0.1) is 9.49 Å². The zero-order valence-corrected chi connectivity index (χ0v) is 14.2. The van der Waals surface area contributed by atoms with Crippen molar-refractivity contribution in [2.24, 2.45) is 5.92 Å². The molecule has 1 fully saturated rings. The molecule has 1 atom stereocenters. The monoisotopic (exact) mass is 425 g/mol. The lowest BCUT2D eigenvalue weighted by atomic mass is 10.1. The summed E-state index contributed by atoms with van der Waals surface area (Å²) in [6.07, 6.45) is 1.67. The van der Waals surface area contributed by atoms with Gasteiger partial charge in [-0.3, -0.25) is 0 Å².